The van der Waals surface area contributed by atoms with Crippen LogP contribution in [0, 0.1) is 5.92 Å². The van der Waals surface area contributed by atoms with Gasteiger partial charge in [-0.3, -0.25) is 15.0 Å². The van der Waals surface area contributed by atoms with Crippen LogP contribution in [0.5, 0.6) is 0 Å². The molecule has 0 spiro atoms. The van der Waals surface area contributed by atoms with Gasteiger partial charge in [0.1, 0.15) is 0 Å². The topological polar surface area (TPSA) is 75.4 Å². The van der Waals surface area contributed by atoms with Crippen LogP contribution in [0.4, 0.5) is 0 Å². The van der Waals surface area contributed by atoms with Crippen LogP contribution in [0.1, 0.15) is 58.3 Å². The van der Waals surface area contributed by atoms with Crippen molar-refractivity contribution >= 4 is 11.8 Å². The molecule has 1 saturated heterocycles. The van der Waals surface area contributed by atoms with Gasteiger partial charge in [0.05, 0.1) is 0 Å². The number of carbonyl (C=O) groups is 2. The predicted octanol–water partition coefficient (Wildman–Crippen LogP) is 1.58. The summed E-state index contributed by atoms with van der Waals surface area (Å²) < 4.78 is 0. The first-order chi connectivity index (χ1) is 9.17. The first kappa shape index (κ1) is 16.0. The molecular formula is C14H27N3O2. The summed E-state index contributed by atoms with van der Waals surface area (Å²) in [7, 11) is 0. The smallest absolute Gasteiger partial charge is 0.233 e. The minimum absolute atomic E-state index is 0.114. The number of carbonyl (C=O) groups excluding carboxylic acids is 2. The van der Waals surface area contributed by atoms with Crippen molar-refractivity contribution in [1.82, 2.24) is 10.3 Å². The van der Waals surface area contributed by atoms with E-state index in [1.807, 2.05) is 4.90 Å². The Morgan fingerprint density at radius 2 is 2.16 bits per heavy atom. The average molecular weight is 269 g/mol. The highest BCUT2D eigenvalue weighted by atomic mass is 16.2. The zero-order valence-electron chi connectivity index (χ0n) is 12.0. The maximum Gasteiger partial charge on any atom is 0.233 e. The minimum atomic E-state index is -0.114. The molecule has 0 saturated carbocycles. The molecule has 5 heteroatoms. The molecule has 1 unspecified atom stereocenters. The van der Waals surface area contributed by atoms with Crippen LogP contribution < -0.4 is 11.3 Å². The fourth-order valence-electron chi connectivity index (χ4n) is 2.58. The van der Waals surface area contributed by atoms with Crippen molar-refractivity contribution in [3.8, 4) is 0 Å². The Balaban J connectivity index is 2.17. The third kappa shape index (κ3) is 6.05. The fraction of sp³-hybridized carbons (Fsp3) is 0.857. The highest BCUT2D eigenvalue weighted by Crippen LogP contribution is 2.21. The molecule has 0 aromatic rings. The summed E-state index contributed by atoms with van der Waals surface area (Å²) in [5.41, 5.74) is 2.13. The Labute approximate surface area is 115 Å². The lowest BCUT2D eigenvalue weighted by atomic mass is 9.98. The van der Waals surface area contributed by atoms with Crippen LogP contribution >= 0.6 is 0 Å². The standard InChI is InChI=1S/C14H27N3O2/c1-2-12-7-8-14(19)17(11-9-12)10-5-3-4-6-13(18)16-15/h12H,2-11,15H2,1H3,(H,16,18). The van der Waals surface area contributed by atoms with E-state index in [1.165, 1.54) is 6.42 Å². The Bertz CT molecular complexity index is 294. The molecule has 0 aliphatic carbocycles. The van der Waals surface area contributed by atoms with E-state index in [0.29, 0.717) is 24.7 Å². The number of unbranched alkanes of at least 4 members (excludes halogenated alkanes) is 2. The summed E-state index contributed by atoms with van der Waals surface area (Å²) >= 11 is 0. The normalized spacial score (nSPS) is 20.2. The van der Waals surface area contributed by atoms with Crippen LogP contribution in [0.15, 0.2) is 0 Å². The van der Waals surface area contributed by atoms with Crippen molar-refractivity contribution in [3.63, 3.8) is 0 Å². The Morgan fingerprint density at radius 1 is 1.37 bits per heavy atom. The van der Waals surface area contributed by atoms with Gasteiger partial charge in [-0.1, -0.05) is 19.8 Å². The van der Waals surface area contributed by atoms with Gasteiger partial charge in [0.25, 0.3) is 0 Å². The molecule has 1 heterocycles. The van der Waals surface area contributed by atoms with Crippen molar-refractivity contribution in [3.05, 3.63) is 0 Å². The van der Waals surface area contributed by atoms with Gasteiger partial charge in [-0.25, -0.2) is 5.84 Å². The van der Waals surface area contributed by atoms with Crippen LogP contribution in [-0.2, 0) is 9.59 Å². The quantitative estimate of drug-likeness (QED) is 0.319. The summed E-state index contributed by atoms with van der Waals surface area (Å²) in [5, 5.41) is 0. The van der Waals surface area contributed by atoms with Crippen molar-refractivity contribution in [2.45, 2.75) is 58.3 Å². The number of nitrogens with one attached hydrogen (secondary N) is 1. The number of hydrogen-bond acceptors (Lipinski definition) is 3. The summed E-state index contributed by atoms with van der Waals surface area (Å²) in [4.78, 5) is 24.9. The number of hydrazine groups is 1. The van der Waals surface area contributed by atoms with E-state index in [0.717, 1.165) is 45.2 Å². The van der Waals surface area contributed by atoms with E-state index >= 15 is 0 Å². The first-order valence-electron chi connectivity index (χ1n) is 7.44. The van der Waals surface area contributed by atoms with Gasteiger partial charge in [-0.05, 0) is 31.6 Å². The summed E-state index contributed by atoms with van der Waals surface area (Å²) in [6, 6.07) is 0. The molecule has 2 amide bonds. The molecule has 0 radical (unpaired) electrons. The largest absolute Gasteiger partial charge is 0.343 e. The second kappa shape index (κ2) is 8.91. The monoisotopic (exact) mass is 269 g/mol. The highest BCUT2D eigenvalue weighted by Gasteiger charge is 2.20. The lowest BCUT2D eigenvalue weighted by Crippen LogP contribution is -2.31. The van der Waals surface area contributed by atoms with Gasteiger partial charge in [0, 0.05) is 25.9 Å². The van der Waals surface area contributed by atoms with Gasteiger partial charge < -0.3 is 4.90 Å². The molecule has 1 fully saturated rings. The molecule has 19 heavy (non-hydrogen) atoms. The lowest BCUT2D eigenvalue weighted by Gasteiger charge is -2.20. The van der Waals surface area contributed by atoms with E-state index in [-0.39, 0.29) is 5.91 Å². The maximum absolute atomic E-state index is 11.9. The van der Waals surface area contributed by atoms with Crippen LogP contribution in [-0.4, -0.2) is 29.8 Å². The van der Waals surface area contributed by atoms with E-state index in [4.69, 9.17) is 5.84 Å². The maximum atomic E-state index is 11.9. The zero-order chi connectivity index (χ0) is 14.1. The molecule has 1 aliphatic rings. The number of rotatable bonds is 7. The van der Waals surface area contributed by atoms with E-state index in [1.54, 1.807) is 0 Å². The SMILES string of the molecule is CCC1CCC(=O)N(CCCCCC(=O)NN)CC1. The first-order valence-corrected chi connectivity index (χ1v) is 7.44. The number of hydrogen-bond donors (Lipinski definition) is 2. The Kier molecular flexibility index (Phi) is 7.48. The fourth-order valence-corrected chi connectivity index (χ4v) is 2.58. The summed E-state index contributed by atoms with van der Waals surface area (Å²) in [6.07, 6.45) is 7.31. The third-order valence-electron chi connectivity index (χ3n) is 4.00. The molecule has 0 aromatic heterocycles. The molecule has 0 aromatic carbocycles. The van der Waals surface area contributed by atoms with E-state index < -0.39 is 0 Å². The molecule has 5 nitrogen and oxygen atoms in total. The van der Waals surface area contributed by atoms with Crippen LogP contribution in [0.3, 0.4) is 0 Å². The average Bonchev–Trinajstić information content (AvgIpc) is 2.60. The molecule has 1 aliphatic heterocycles. The number of likely N-dealkylation sites (tertiary alicyclic amines) is 1. The number of nitrogens with zero attached hydrogens (tertiary/aromatic N) is 1. The van der Waals surface area contributed by atoms with Gasteiger partial charge in [-0.15, -0.1) is 0 Å². The minimum Gasteiger partial charge on any atom is -0.343 e. The van der Waals surface area contributed by atoms with Gasteiger partial charge in [0.2, 0.25) is 11.8 Å². The molecule has 1 rings (SSSR count). The number of nitrogens with two attached hydrogens (primary N) is 1. The number of amides is 2. The van der Waals surface area contributed by atoms with Crippen LogP contribution in [0.25, 0.3) is 0 Å². The Hall–Kier alpha value is -1.10. The van der Waals surface area contributed by atoms with E-state index in [2.05, 4.69) is 12.3 Å². The van der Waals surface area contributed by atoms with Crippen molar-refractivity contribution < 1.29 is 9.59 Å². The summed E-state index contributed by atoms with van der Waals surface area (Å²) in [6.45, 7) is 3.94. The second-order valence-electron chi connectivity index (χ2n) is 5.36. The van der Waals surface area contributed by atoms with Crippen molar-refractivity contribution in [2.24, 2.45) is 11.8 Å². The van der Waals surface area contributed by atoms with Crippen molar-refractivity contribution in [2.75, 3.05) is 13.1 Å². The molecule has 1 atom stereocenters. The van der Waals surface area contributed by atoms with Gasteiger partial charge in [-0.2, -0.15) is 0 Å². The lowest BCUT2D eigenvalue weighted by molar-refractivity contribution is -0.130. The second-order valence-corrected chi connectivity index (χ2v) is 5.36. The molecule has 0 bridgehead atoms. The van der Waals surface area contributed by atoms with Crippen LogP contribution in [0.2, 0.25) is 0 Å². The summed E-state index contributed by atoms with van der Waals surface area (Å²) in [5.74, 6) is 5.91. The zero-order valence-corrected chi connectivity index (χ0v) is 12.0. The predicted molar refractivity (Wildman–Crippen MR) is 75.0 cm³/mol. The Morgan fingerprint density at radius 3 is 2.84 bits per heavy atom. The molecular weight excluding hydrogens is 242 g/mol. The van der Waals surface area contributed by atoms with Gasteiger partial charge in [0.15, 0.2) is 0 Å². The molecule has 3 N–H and O–H groups in total. The highest BCUT2D eigenvalue weighted by molar-refractivity contribution is 5.76. The third-order valence-corrected chi connectivity index (χ3v) is 4.00. The van der Waals surface area contributed by atoms with Crippen molar-refractivity contribution in [1.29, 1.82) is 0 Å². The van der Waals surface area contributed by atoms with E-state index in [9.17, 15) is 9.59 Å². The molecule has 110 valence electrons. The van der Waals surface area contributed by atoms with Gasteiger partial charge >= 0.3 is 0 Å².